The van der Waals surface area contributed by atoms with E-state index in [1.165, 1.54) is 102 Å². The van der Waals surface area contributed by atoms with Crippen molar-refractivity contribution in [2.24, 2.45) is 0 Å². The van der Waals surface area contributed by atoms with Gasteiger partial charge in [0.05, 0.1) is 0 Å². The lowest BCUT2D eigenvalue weighted by Gasteiger charge is -2.16. The molecule has 11 aromatic rings. The van der Waals surface area contributed by atoms with E-state index < -0.39 is 0 Å². The van der Waals surface area contributed by atoms with Gasteiger partial charge in [-0.25, -0.2) is 0 Å². The second kappa shape index (κ2) is 11.9. The van der Waals surface area contributed by atoms with E-state index in [1.54, 1.807) is 0 Å². The SMILES string of the molecule is c1csc(-c2ccc(-c3ccc(-c4c5cc6ccsc6cc5c(-c5ccc(-c6ccc(-c7cccs7)s6)s5)c5cc6ccsc6cc45)s3)s2)c1. The minimum absolute atomic E-state index is 1.31. The smallest absolute Gasteiger partial charge is 0.0449 e. The molecule has 0 radical (unpaired) electrons. The Labute approximate surface area is 320 Å². The van der Waals surface area contributed by atoms with Crippen LogP contribution in [0, 0.1) is 0 Å². The van der Waals surface area contributed by atoms with Crippen LogP contribution >= 0.6 is 90.7 Å². The predicted octanol–water partition coefficient (Wildman–Crippen LogP) is 16.8. The van der Waals surface area contributed by atoms with Crippen LogP contribution in [0.4, 0.5) is 0 Å². The lowest BCUT2D eigenvalue weighted by Crippen LogP contribution is -1.89. The third-order valence-corrected chi connectivity index (χ3v) is 17.9. The largest absolute Gasteiger partial charge is 0.144 e. The lowest BCUT2D eigenvalue weighted by atomic mass is 9.89. The van der Waals surface area contributed by atoms with Crippen LogP contribution in [-0.2, 0) is 0 Å². The first kappa shape index (κ1) is 30.0. The summed E-state index contributed by atoms with van der Waals surface area (Å²) >= 11 is 14.9. The van der Waals surface area contributed by atoms with Gasteiger partial charge >= 0.3 is 0 Å². The van der Waals surface area contributed by atoms with E-state index in [-0.39, 0.29) is 0 Å². The first-order chi connectivity index (χ1) is 24.7. The van der Waals surface area contributed by atoms with E-state index in [0.29, 0.717) is 0 Å². The molecule has 8 aromatic heterocycles. The maximum atomic E-state index is 2.46. The van der Waals surface area contributed by atoms with E-state index >= 15 is 0 Å². The fourth-order valence-electron chi connectivity index (χ4n) is 6.92. The Morgan fingerprint density at radius 1 is 0.280 bits per heavy atom. The Bertz CT molecular complexity index is 2690. The van der Waals surface area contributed by atoms with Crippen molar-refractivity contribution in [2.45, 2.75) is 0 Å². The quantitative estimate of drug-likeness (QED) is 0.147. The summed E-state index contributed by atoms with van der Waals surface area (Å²) in [5.74, 6) is 0. The highest BCUT2D eigenvalue weighted by Crippen LogP contribution is 2.52. The maximum absolute atomic E-state index is 2.46. The monoisotopic (exact) mass is 782 g/mol. The summed E-state index contributed by atoms with van der Waals surface area (Å²) in [6.45, 7) is 0. The van der Waals surface area contributed by atoms with Crippen LogP contribution in [0.25, 0.3) is 102 Å². The Kier molecular flexibility index (Phi) is 7.16. The van der Waals surface area contributed by atoms with Gasteiger partial charge in [-0.2, -0.15) is 0 Å². The Morgan fingerprint density at radius 2 is 0.640 bits per heavy atom. The molecule has 0 atom stereocenters. The molecule has 8 heterocycles. The van der Waals surface area contributed by atoms with Gasteiger partial charge < -0.3 is 0 Å². The van der Waals surface area contributed by atoms with Crippen molar-refractivity contribution in [3.05, 3.63) is 131 Å². The topological polar surface area (TPSA) is 0 Å². The van der Waals surface area contributed by atoms with Gasteiger partial charge in [-0.15, -0.1) is 90.7 Å². The first-order valence-corrected chi connectivity index (χ1v) is 22.8. The van der Waals surface area contributed by atoms with Crippen molar-refractivity contribution in [3.8, 4) is 59.9 Å². The molecule has 3 aromatic carbocycles. The van der Waals surface area contributed by atoms with Crippen molar-refractivity contribution in [3.63, 3.8) is 0 Å². The second-order valence-electron chi connectivity index (χ2n) is 12.1. The number of fused-ring (bicyclic) bond motifs is 4. The van der Waals surface area contributed by atoms with E-state index in [1.807, 2.05) is 90.7 Å². The first-order valence-electron chi connectivity index (χ1n) is 16.0. The van der Waals surface area contributed by atoms with E-state index in [4.69, 9.17) is 0 Å². The summed E-state index contributed by atoms with van der Waals surface area (Å²) in [7, 11) is 0. The molecule has 0 N–H and O–H groups in total. The van der Waals surface area contributed by atoms with Gasteiger partial charge in [0.15, 0.2) is 0 Å². The molecule has 50 heavy (non-hydrogen) atoms. The molecule has 0 bridgehead atoms. The van der Waals surface area contributed by atoms with Crippen LogP contribution in [0.1, 0.15) is 0 Å². The number of benzene rings is 3. The Morgan fingerprint density at radius 3 is 1.04 bits per heavy atom. The summed E-state index contributed by atoms with van der Waals surface area (Å²) in [5.41, 5.74) is 2.70. The highest BCUT2D eigenvalue weighted by molar-refractivity contribution is 7.28. The summed E-state index contributed by atoms with van der Waals surface area (Å²) in [6, 6.07) is 41.6. The molecule has 0 amide bonds. The van der Waals surface area contributed by atoms with E-state index in [0.717, 1.165) is 0 Å². The van der Waals surface area contributed by atoms with Crippen LogP contribution in [0.5, 0.6) is 0 Å². The summed E-state index contributed by atoms with van der Waals surface area (Å²) in [4.78, 5) is 13.3. The van der Waals surface area contributed by atoms with Crippen molar-refractivity contribution < 1.29 is 0 Å². The minimum Gasteiger partial charge on any atom is -0.144 e. The number of rotatable bonds is 6. The van der Waals surface area contributed by atoms with Crippen molar-refractivity contribution in [2.75, 3.05) is 0 Å². The summed E-state index contributed by atoms with van der Waals surface area (Å²) in [6.07, 6.45) is 0. The third kappa shape index (κ3) is 4.89. The third-order valence-electron chi connectivity index (χ3n) is 9.19. The summed E-state index contributed by atoms with van der Waals surface area (Å²) < 4.78 is 2.67. The van der Waals surface area contributed by atoms with E-state index in [9.17, 15) is 0 Å². The molecule has 11 rings (SSSR count). The molecule has 8 heteroatoms. The van der Waals surface area contributed by atoms with Crippen LogP contribution in [0.3, 0.4) is 0 Å². The van der Waals surface area contributed by atoms with Crippen LogP contribution in [0.2, 0.25) is 0 Å². The van der Waals surface area contributed by atoms with Crippen molar-refractivity contribution in [1.29, 1.82) is 0 Å². The molecular weight excluding hydrogens is 761 g/mol. The van der Waals surface area contributed by atoms with E-state index in [2.05, 4.69) is 131 Å². The highest BCUT2D eigenvalue weighted by atomic mass is 32.1. The van der Waals surface area contributed by atoms with Gasteiger partial charge in [-0.1, -0.05) is 12.1 Å². The van der Waals surface area contributed by atoms with Gasteiger partial charge in [0.25, 0.3) is 0 Å². The van der Waals surface area contributed by atoms with Gasteiger partial charge in [0, 0.05) is 69.3 Å². The fourth-order valence-corrected chi connectivity index (χ4v) is 14.6. The molecule has 0 fully saturated rings. The highest BCUT2D eigenvalue weighted by Gasteiger charge is 2.22. The molecule has 0 spiro atoms. The molecule has 0 aliphatic heterocycles. The van der Waals surface area contributed by atoms with Gasteiger partial charge in [0.1, 0.15) is 0 Å². The molecule has 0 aliphatic carbocycles. The molecule has 238 valence electrons. The molecule has 0 saturated heterocycles. The van der Waals surface area contributed by atoms with Crippen molar-refractivity contribution >= 4 is 132 Å². The fraction of sp³-hybridized carbons (Fsp3) is 0. The molecule has 0 unspecified atom stereocenters. The molecule has 0 saturated carbocycles. The van der Waals surface area contributed by atoms with Gasteiger partial charge in [-0.05, 0) is 151 Å². The van der Waals surface area contributed by atoms with Crippen LogP contribution in [0.15, 0.2) is 131 Å². The zero-order valence-electron chi connectivity index (χ0n) is 26.0. The maximum Gasteiger partial charge on any atom is 0.0449 e. The second-order valence-corrected chi connectivity index (χ2v) is 20.2. The van der Waals surface area contributed by atoms with Gasteiger partial charge in [-0.3, -0.25) is 0 Å². The predicted molar refractivity (Wildman–Crippen MR) is 232 cm³/mol. The zero-order chi connectivity index (χ0) is 32.8. The molecule has 0 aliphatic rings. The summed E-state index contributed by atoms with van der Waals surface area (Å²) in [5, 5.41) is 16.7. The zero-order valence-corrected chi connectivity index (χ0v) is 32.5. The Balaban J connectivity index is 1.14. The normalized spacial score (nSPS) is 12.0. The minimum atomic E-state index is 1.31. The number of hydrogen-bond acceptors (Lipinski definition) is 8. The van der Waals surface area contributed by atoms with Gasteiger partial charge in [0.2, 0.25) is 0 Å². The van der Waals surface area contributed by atoms with Crippen LogP contribution < -0.4 is 0 Å². The lowest BCUT2D eigenvalue weighted by molar-refractivity contribution is 1.83. The standard InChI is InChI=1S/C42H22S8/c1-3-29(43-15-1)31-5-7-33(47-31)35-9-11-37(49-35)41-25-19-23-13-17-46-40(23)22-28(25)42(26-20-24-14-18-45-39(24)21-27(26)41)38-12-10-36(50-38)34-8-6-32(48-34)30-4-2-16-44-30/h1-22H. The average molecular weight is 783 g/mol. The molecule has 0 nitrogen and oxygen atoms in total. The average Bonchev–Trinajstić information content (AvgIpc) is 3.99. The Hall–Kier alpha value is -3.70. The number of thiophene rings is 8. The van der Waals surface area contributed by atoms with Crippen LogP contribution in [-0.4, -0.2) is 0 Å². The van der Waals surface area contributed by atoms with Crippen molar-refractivity contribution in [1.82, 2.24) is 0 Å². The number of hydrogen-bond donors (Lipinski definition) is 0. The molecular formula is C42H22S8.